The lowest BCUT2D eigenvalue weighted by Crippen LogP contribution is -2.51. The first-order valence-electron chi connectivity index (χ1n) is 8.52. The molecule has 0 radical (unpaired) electrons. The number of likely N-dealkylation sites (tertiary alicyclic amines) is 1. The normalized spacial score (nSPS) is 19.3. The molecule has 0 aromatic heterocycles. The molecule has 0 bridgehead atoms. The standard InChI is InChI=1S/C17H29N3O4/c1-4-5-8-14(16(22)23)19-15(21)13-7-6-9-20(11-13)17(24)18-10-12(2)3/h4-5,12-14H,6-11H2,1-3H3,(H,18,24)(H,19,21)(H,22,23)/b5-4+. The van der Waals surface area contributed by atoms with Crippen molar-refractivity contribution in [1.82, 2.24) is 15.5 Å². The number of rotatable bonds is 7. The zero-order chi connectivity index (χ0) is 18.1. The number of carboxylic acid groups (broad SMARTS) is 1. The van der Waals surface area contributed by atoms with Crippen molar-refractivity contribution in [2.75, 3.05) is 19.6 Å². The number of carbonyl (C=O) groups is 3. The molecule has 0 aliphatic carbocycles. The van der Waals surface area contributed by atoms with Gasteiger partial charge in [0.1, 0.15) is 6.04 Å². The molecular formula is C17H29N3O4. The summed E-state index contributed by atoms with van der Waals surface area (Å²) in [6, 6.07) is -1.09. The van der Waals surface area contributed by atoms with Gasteiger partial charge in [-0.25, -0.2) is 9.59 Å². The second-order valence-electron chi connectivity index (χ2n) is 6.57. The van der Waals surface area contributed by atoms with Gasteiger partial charge in [0.05, 0.1) is 5.92 Å². The van der Waals surface area contributed by atoms with Crippen LogP contribution in [0.5, 0.6) is 0 Å². The molecule has 2 unspecified atom stereocenters. The van der Waals surface area contributed by atoms with Crippen LogP contribution < -0.4 is 10.6 Å². The number of aliphatic carboxylic acids is 1. The number of piperidine rings is 1. The number of urea groups is 1. The van der Waals surface area contributed by atoms with Gasteiger partial charge in [0, 0.05) is 19.6 Å². The van der Waals surface area contributed by atoms with Gasteiger partial charge in [-0.3, -0.25) is 4.79 Å². The minimum absolute atomic E-state index is 0.162. The molecule has 0 saturated carbocycles. The Kier molecular flexibility index (Phi) is 8.29. The fourth-order valence-electron chi connectivity index (χ4n) is 2.56. The molecule has 2 atom stereocenters. The Labute approximate surface area is 143 Å². The van der Waals surface area contributed by atoms with Crippen LogP contribution in [0.25, 0.3) is 0 Å². The van der Waals surface area contributed by atoms with Crippen LogP contribution in [-0.2, 0) is 9.59 Å². The molecule has 0 aromatic carbocycles. The number of hydrogen-bond acceptors (Lipinski definition) is 3. The highest BCUT2D eigenvalue weighted by Crippen LogP contribution is 2.17. The van der Waals surface area contributed by atoms with Crippen molar-refractivity contribution in [3.63, 3.8) is 0 Å². The van der Waals surface area contributed by atoms with E-state index in [1.165, 1.54) is 0 Å². The molecule has 0 aromatic rings. The SMILES string of the molecule is C/C=C/CC(NC(=O)C1CCCN(C(=O)NCC(C)C)C1)C(=O)O. The molecule has 3 amide bonds. The first kappa shape index (κ1) is 20.0. The molecule has 1 aliphatic rings. The first-order valence-corrected chi connectivity index (χ1v) is 8.52. The van der Waals surface area contributed by atoms with Crippen molar-refractivity contribution in [3.05, 3.63) is 12.2 Å². The average Bonchev–Trinajstić information content (AvgIpc) is 2.55. The molecule has 24 heavy (non-hydrogen) atoms. The monoisotopic (exact) mass is 339 g/mol. The zero-order valence-electron chi connectivity index (χ0n) is 14.7. The molecule has 1 heterocycles. The Morgan fingerprint density at radius 2 is 2.04 bits per heavy atom. The van der Waals surface area contributed by atoms with E-state index in [0.717, 1.165) is 6.42 Å². The Morgan fingerprint density at radius 3 is 2.62 bits per heavy atom. The second kappa shape index (κ2) is 9.95. The quantitative estimate of drug-likeness (QED) is 0.614. The van der Waals surface area contributed by atoms with Crippen LogP contribution in [0.4, 0.5) is 4.79 Å². The number of carboxylic acids is 1. The lowest BCUT2D eigenvalue weighted by Gasteiger charge is -2.32. The summed E-state index contributed by atoms with van der Waals surface area (Å²) >= 11 is 0. The number of hydrogen-bond donors (Lipinski definition) is 3. The van der Waals surface area contributed by atoms with Crippen LogP contribution in [0.2, 0.25) is 0 Å². The number of nitrogens with zero attached hydrogens (tertiary/aromatic N) is 1. The molecule has 3 N–H and O–H groups in total. The maximum absolute atomic E-state index is 12.4. The van der Waals surface area contributed by atoms with Crippen LogP contribution >= 0.6 is 0 Å². The van der Waals surface area contributed by atoms with Crippen molar-refractivity contribution in [2.24, 2.45) is 11.8 Å². The van der Waals surface area contributed by atoms with Gasteiger partial charge in [0.2, 0.25) is 5.91 Å². The minimum Gasteiger partial charge on any atom is -0.480 e. The van der Waals surface area contributed by atoms with Crippen LogP contribution in [0.3, 0.4) is 0 Å². The van der Waals surface area contributed by atoms with Crippen molar-refractivity contribution in [3.8, 4) is 0 Å². The van der Waals surface area contributed by atoms with Gasteiger partial charge in [-0.05, 0) is 32.1 Å². The minimum atomic E-state index is -1.05. The maximum Gasteiger partial charge on any atom is 0.326 e. The van der Waals surface area contributed by atoms with Gasteiger partial charge in [0.15, 0.2) is 0 Å². The van der Waals surface area contributed by atoms with Crippen LogP contribution in [0, 0.1) is 11.8 Å². The molecule has 136 valence electrons. The molecule has 7 heteroatoms. The summed E-state index contributed by atoms with van der Waals surface area (Å²) in [4.78, 5) is 37.3. The van der Waals surface area contributed by atoms with Gasteiger partial charge < -0.3 is 20.6 Å². The van der Waals surface area contributed by atoms with Crippen molar-refractivity contribution < 1.29 is 19.5 Å². The Bertz CT molecular complexity index is 476. The fraction of sp³-hybridized carbons (Fsp3) is 0.706. The van der Waals surface area contributed by atoms with E-state index in [2.05, 4.69) is 10.6 Å². The van der Waals surface area contributed by atoms with Crippen LogP contribution in [0.1, 0.15) is 40.0 Å². The van der Waals surface area contributed by atoms with E-state index in [4.69, 9.17) is 0 Å². The zero-order valence-corrected chi connectivity index (χ0v) is 14.7. The Balaban J connectivity index is 2.57. The number of amides is 3. The Morgan fingerprint density at radius 1 is 1.33 bits per heavy atom. The lowest BCUT2D eigenvalue weighted by atomic mass is 9.96. The highest BCUT2D eigenvalue weighted by molar-refractivity contribution is 5.86. The number of allylic oxidation sites excluding steroid dienone is 1. The van der Waals surface area contributed by atoms with Crippen molar-refractivity contribution in [1.29, 1.82) is 0 Å². The molecule has 1 saturated heterocycles. The first-order chi connectivity index (χ1) is 11.3. The smallest absolute Gasteiger partial charge is 0.326 e. The van der Waals surface area contributed by atoms with E-state index in [-0.39, 0.29) is 24.3 Å². The summed E-state index contributed by atoms with van der Waals surface area (Å²) in [5, 5.41) is 14.6. The van der Waals surface area contributed by atoms with Crippen molar-refractivity contribution >= 4 is 17.9 Å². The van der Waals surface area contributed by atoms with Gasteiger partial charge in [-0.2, -0.15) is 0 Å². The highest BCUT2D eigenvalue weighted by Gasteiger charge is 2.30. The van der Waals surface area contributed by atoms with E-state index in [1.54, 1.807) is 24.0 Å². The van der Waals surface area contributed by atoms with Crippen molar-refractivity contribution in [2.45, 2.75) is 46.1 Å². The van der Waals surface area contributed by atoms with Gasteiger partial charge >= 0.3 is 12.0 Å². The number of carbonyl (C=O) groups excluding carboxylic acids is 2. The second-order valence-corrected chi connectivity index (χ2v) is 6.57. The predicted octanol–water partition coefficient (Wildman–Crippen LogP) is 1.60. The third-order valence-corrected chi connectivity index (χ3v) is 3.96. The molecule has 1 fully saturated rings. The summed E-state index contributed by atoms with van der Waals surface area (Å²) < 4.78 is 0. The largest absolute Gasteiger partial charge is 0.480 e. The lowest BCUT2D eigenvalue weighted by molar-refractivity contribution is -0.142. The van der Waals surface area contributed by atoms with Gasteiger partial charge in [-0.1, -0.05) is 26.0 Å². The summed E-state index contributed by atoms with van der Waals surface area (Å²) in [5.74, 6) is -1.35. The van der Waals surface area contributed by atoms with Crippen LogP contribution in [-0.4, -0.2) is 53.6 Å². The predicted molar refractivity (Wildman–Crippen MR) is 91.5 cm³/mol. The average molecular weight is 339 g/mol. The summed E-state index contributed by atoms with van der Waals surface area (Å²) in [5.41, 5.74) is 0. The third kappa shape index (κ3) is 6.60. The molecule has 7 nitrogen and oxygen atoms in total. The summed E-state index contributed by atoms with van der Waals surface area (Å²) in [6.45, 7) is 7.37. The van der Waals surface area contributed by atoms with E-state index >= 15 is 0 Å². The Hall–Kier alpha value is -2.05. The molecular weight excluding hydrogens is 310 g/mol. The molecule has 0 spiro atoms. The van der Waals surface area contributed by atoms with Gasteiger partial charge in [0.25, 0.3) is 0 Å². The summed E-state index contributed by atoms with van der Waals surface area (Å²) in [7, 11) is 0. The molecule has 1 aliphatic heterocycles. The van der Waals surface area contributed by atoms with Gasteiger partial charge in [-0.15, -0.1) is 0 Å². The molecule has 1 rings (SSSR count). The van der Waals surface area contributed by atoms with E-state index in [9.17, 15) is 19.5 Å². The van der Waals surface area contributed by atoms with E-state index in [0.29, 0.717) is 32.0 Å². The van der Waals surface area contributed by atoms with Crippen LogP contribution in [0.15, 0.2) is 12.2 Å². The number of nitrogens with one attached hydrogen (secondary N) is 2. The third-order valence-electron chi connectivity index (χ3n) is 3.96. The fourth-order valence-corrected chi connectivity index (χ4v) is 2.56. The van der Waals surface area contributed by atoms with E-state index in [1.807, 2.05) is 13.8 Å². The highest BCUT2D eigenvalue weighted by atomic mass is 16.4. The maximum atomic E-state index is 12.4. The van der Waals surface area contributed by atoms with E-state index < -0.39 is 12.0 Å². The summed E-state index contributed by atoms with van der Waals surface area (Å²) in [6.07, 6.45) is 5.12. The topological polar surface area (TPSA) is 98.7 Å².